The highest BCUT2D eigenvalue weighted by molar-refractivity contribution is 7.99. The Hall–Kier alpha value is -0.970. The van der Waals surface area contributed by atoms with Crippen LogP contribution in [0.4, 0.5) is 0 Å². The van der Waals surface area contributed by atoms with Gasteiger partial charge in [-0.15, -0.1) is 24.2 Å². The van der Waals surface area contributed by atoms with Gasteiger partial charge in [0.15, 0.2) is 0 Å². The Kier molecular flexibility index (Phi) is 4.00. The number of hydrogen-bond donors (Lipinski definition) is 0. The molecule has 0 saturated carbocycles. The summed E-state index contributed by atoms with van der Waals surface area (Å²) in [7, 11) is 0. The van der Waals surface area contributed by atoms with E-state index in [1.165, 1.54) is 0 Å². The molecule has 94 valence electrons. The Bertz CT molecular complexity index is 571. The Labute approximate surface area is 120 Å². The maximum atomic E-state index is 11.3. The third kappa shape index (κ3) is 2.16. The number of halogens is 2. The number of rotatable bonds is 2. The van der Waals surface area contributed by atoms with E-state index >= 15 is 0 Å². The van der Waals surface area contributed by atoms with Crippen LogP contribution in [0.15, 0.2) is 36.7 Å². The number of nitrogens with zero attached hydrogens (tertiary/aromatic N) is 2. The Morgan fingerprint density at radius 1 is 1.44 bits per heavy atom. The maximum absolute atomic E-state index is 11.3. The summed E-state index contributed by atoms with van der Waals surface area (Å²) in [5.41, 5.74) is 3.12. The molecular formula is C12H10Cl2N2OS. The van der Waals surface area contributed by atoms with Gasteiger partial charge in [0.2, 0.25) is 5.24 Å². The van der Waals surface area contributed by atoms with Crippen molar-refractivity contribution >= 4 is 41.0 Å². The molecule has 3 nitrogen and oxygen atoms in total. The predicted molar refractivity (Wildman–Crippen MR) is 76.1 cm³/mol. The SMILES string of the molecule is Cl.O=C(Cl)C1SCn2c(-c3cccnc3)ccc21. The molecule has 0 radical (unpaired) electrons. The van der Waals surface area contributed by atoms with E-state index in [1.807, 2.05) is 30.5 Å². The van der Waals surface area contributed by atoms with Crippen molar-refractivity contribution in [1.82, 2.24) is 9.55 Å². The van der Waals surface area contributed by atoms with Gasteiger partial charge in [-0.2, -0.15) is 0 Å². The van der Waals surface area contributed by atoms with Gasteiger partial charge in [-0.05, 0) is 35.9 Å². The molecule has 0 N–H and O–H groups in total. The minimum atomic E-state index is -0.301. The van der Waals surface area contributed by atoms with Gasteiger partial charge < -0.3 is 4.57 Å². The van der Waals surface area contributed by atoms with Crippen LogP contribution < -0.4 is 0 Å². The topological polar surface area (TPSA) is 34.9 Å². The number of hydrogen-bond acceptors (Lipinski definition) is 3. The van der Waals surface area contributed by atoms with Gasteiger partial charge in [0.1, 0.15) is 5.25 Å². The normalized spacial score (nSPS) is 17.1. The summed E-state index contributed by atoms with van der Waals surface area (Å²) >= 11 is 7.14. The van der Waals surface area contributed by atoms with Crippen molar-refractivity contribution in [3.05, 3.63) is 42.4 Å². The van der Waals surface area contributed by atoms with E-state index < -0.39 is 0 Å². The molecule has 6 heteroatoms. The Morgan fingerprint density at radius 2 is 2.28 bits per heavy atom. The lowest BCUT2D eigenvalue weighted by Gasteiger charge is -2.04. The van der Waals surface area contributed by atoms with Crippen LogP contribution in [-0.4, -0.2) is 14.8 Å². The van der Waals surface area contributed by atoms with Gasteiger partial charge in [0, 0.05) is 23.7 Å². The summed E-state index contributed by atoms with van der Waals surface area (Å²) in [6.45, 7) is 0. The highest BCUT2D eigenvalue weighted by Crippen LogP contribution is 2.42. The van der Waals surface area contributed by atoms with Crippen molar-refractivity contribution in [3.63, 3.8) is 0 Å². The van der Waals surface area contributed by atoms with Crippen LogP contribution in [-0.2, 0) is 10.7 Å². The molecule has 0 fully saturated rings. The smallest absolute Gasteiger partial charge is 0.240 e. The van der Waals surface area contributed by atoms with Crippen molar-refractivity contribution in [3.8, 4) is 11.3 Å². The van der Waals surface area contributed by atoms with E-state index in [0.717, 1.165) is 22.8 Å². The molecule has 3 rings (SSSR count). The van der Waals surface area contributed by atoms with Crippen LogP contribution in [0, 0.1) is 0 Å². The van der Waals surface area contributed by atoms with Crippen LogP contribution in [0.25, 0.3) is 11.3 Å². The highest BCUT2D eigenvalue weighted by Gasteiger charge is 2.30. The van der Waals surface area contributed by atoms with Gasteiger partial charge in [0.05, 0.1) is 11.6 Å². The monoisotopic (exact) mass is 300 g/mol. The average molecular weight is 301 g/mol. The van der Waals surface area contributed by atoms with Gasteiger partial charge in [0.25, 0.3) is 0 Å². The summed E-state index contributed by atoms with van der Waals surface area (Å²) in [6, 6.07) is 7.89. The van der Waals surface area contributed by atoms with Crippen molar-refractivity contribution in [2.45, 2.75) is 11.1 Å². The molecule has 2 aromatic heterocycles. The largest absolute Gasteiger partial charge is 0.333 e. The second kappa shape index (κ2) is 5.34. The third-order valence-corrected chi connectivity index (χ3v) is 4.36. The van der Waals surface area contributed by atoms with Crippen molar-refractivity contribution in [2.75, 3.05) is 0 Å². The zero-order valence-corrected chi connectivity index (χ0v) is 11.6. The fourth-order valence-corrected chi connectivity index (χ4v) is 3.43. The molecule has 0 aliphatic carbocycles. The lowest BCUT2D eigenvalue weighted by molar-refractivity contribution is -0.111. The molecule has 0 spiro atoms. The zero-order chi connectivity index (χ0) is 11.8. The van der Waals surface area contributed by atoms with E-state index in [0.29, 0.717) is 0 Å². The number of aromatic nitrogens is 2. The van der Waals surface area contributed by atoms with Gasteiger partial charge in [-0.25, -0.2) is 0 Å². The van der Waals surface area contributed by atoms with Gasteiger partial charge in [-0.3, -0.25) is 9.78 Å². The first-order chi connectivity index (χ1) is 8.27. The van der Waals surface area contributed by atoms with E-state index in [1.54, 1.807) is 18.0 Å². The molecule has 18 heavy (non-hydrogen) atoms. The molecule has 1 aliphatic heterocycles. The molecule has 1 aliphatic rings. The molecule has 1 atom stereocenters. The number of carbonyl (C=O) groups is 1. The number of fused-ring (bicyclic) bond motifs is 1. The van der Waals surface area contributed by atoms with Crippen molar-refractivity contribution < 1.29 is 4.79 Å². The van der Waals surface area contributed by atoms with Crippen LogP contribution in [0.5, 0.6) is 0 Å². The fourth-order valence-electron chi connectivity index (χ4n) is 2.04. The summed E-state index contributed by atoms with van der Waals surface area (Å²) in [5.74, 6) is 0.760. The second-order valence-electron chi connectivity index (χ2n) is 3.79. The Balaban J connectivity index is 0.00000120. The zero-order valence-electron chi connectivity index (χ0n) is 9.25. The van der Waals surface area contributed by atoms with E-state index in [-0.39, 0.29) is 22.9 Å². The lowest BCUT2D eigenvalue weighted by Crippen LogP contribution is -2.00. The van der Waals surface area contributed by atoms with Gasteiger partial charge >= 0.3 is 0 Å². The first-order valence-electron chi connectivity index (χ1n) is 5.18. The van der Waals surface area contributed by atoms with Gasteiger partial charge in [-0.1, -0.05) is 0 Å². The molecule has 0 amide bonds. The summed E-state index contributed by atoms with van der Waals surface area (Å²) in [6.07, 6.45) is 3.57. The lowest BCUT2D eigenvalue weighted by atomic mass is 10.2. The molecule has 3 heterocycles. The molecule has 0 aromatic carbocycles. The molecule has 2 aromatic rings. The highest BCUT2D eigenvalue weighted by atomic mass is 35.5. The minimum absolute atomic E-state index is 0. The number of pyridine rings is 1. The standard InChI is InChI=1S/C12H9ClN2OS.ClH/c13-12(16)11-10-4-3-9(15(10)7-17-11)8-2-1-5-14-6-8;/h1-6,11H,7H2;1H. The summed E-state index contributed by atoms with van der Waals surface area (Å²) in [4.78, 5) is 15.4. The first-order valence-corrected chi connectivity index (χ1v) is 6.61. The first kappa shape index (κ1) is 13.5. The molecule has 0 bridgehead atoms. The summed E-state index contributed by atoms with van der Waals surface area (Å²) < 4.78 is 2.12. The fraction of sp³-hybridized carbons (Fsp3) is 0.167. The van der Waals surface area contributed by atoms with Crippen molar-refractivity contribution in [2.24, 2.45) is 0 Å². The predicted octanol–water partition coefficient (Wildman–Crippen LogP) is 3.48. The van der Waals surface area contributed by atoms with Crippen LogP contribution >= 0.6 is 35.8 Å². The summed E-state index contributed by atoms with van der Waals surface area (Å²) in [5, 5.41) is -0.535. The molecule has 1 unspecified atom stereocenters. The van der Waals surface area contributed by atoms with E-state index in [9.17, 15) is 4.79 Å². The van der Waals surface area contributed by atoms with Crippen LogP contribution in [0.1, 0.15) is 10.9 Å². The number of thioether (sulfide) groups is 1. The van der Waals surface area contributed by atoms with E-state index in [2.05, 4.69) is 9.55 Å². The van der Waals surface area contributed by atoms with Crippen LogP contribution in [0.3, 0.4) is 0 Å². The quantitative estimate of drug-likeness (QED) is 0.797. The third-order valence-electron chi connectivity index (χ3n) is 2.82. The Morgan fingerprint density at radius 3 is 2.94 bits per heavy atom. The molecule has 0 saturated heterocycles. The van der Waals surface area contributed by atoms with Crippen molar-refractivity contribution in [1.29, 1.82) is 0 Å². The number of carbonyl (C=O) groups excluding carboxylic acids is 1. The minimum Gasteiger partial charge on any atom is -0.333 e. The average Bonchev–Trinajstić information content (AvgIpc) is 2.89. The maximum Gasteiger partial charge on any atom is 0.240 e. The van der Waals surface area contributed by atoms with E-state index in [4.69, 9.17) is 11.6 Å². The molecular weight excluding hydrogens is 291 g/mol. The van der Waals surface area contributed by atoms with Crippen LogP contribution in [0.2, 0.25) is 0 Å². The second-order valence-corrected chi connectivity index (χ2v) is 5.23.